The molecule has 5 heteroatoms. The maximum absolute atomic E-state index is 11.9. The molecule has 110 valence electrons. The van der Waals surface area contributed by atoms with Gasteiger partial charge in [-0.1, -0.05) is 26.0 Å². The minimum absolute atomic E-state index is 0.0475. The second-order valence-corrected chi connectivity index (χ2v) is 6.37. The summed E-state index contributed by atoms with van der Waals surface area (Å²) in [5.74, 6) is 3.19. The summed E-state index contributed by atoms with van der Waals surface area (Å²) in [7, 11) is 0. The van der Waals surface area contributed by atoms with E-state index in [1.807, 2.05) is 24.3 Å². The van der Waals surface area contributed by atoms with Gasteiger partial charge < -0.3 is 10.1 Å². The Morgan fingerprint density at radius 3 is 2.80 bits per heavy atom. The van der Waals surface area contributed by atoms with Gasteiger partial charge in [0.2, 0.25) is 5.91 Å². The van der Waals surface area contributed by atoms with Gasteiger partial charge in [-0.2, -0.15) is 0 Å². The Balaban J connectivity index is 1.77. The third-order valence-electron chi connectivity index (χ3n) is 3.01. The van der Waals surface area contributed by atoms with E-state index in [4.69, 9.17) is 4.74 Å². The number of hydrogen-bond acceptors (Lipinski definition) is 4. The molecule has 2 rings (SSSR count). The molecule has 4 nitrogen and oxygen atoms in total. The summed E-state index contributed by atoms with van der Waals surface area (Å²) in [5, 5.41) is 6.11. The van der Waals surface area contributed by atoms with Gasteiger partial charge in [0.1, 0.15) is 5.75 Å². The lowest BCUT2D eigenvalue weighted by atomic mass is 10.2. The maximum atomic E-state index is 11.9. The smallest absolute Gasteiger partial charge is 0.238 e. The third kappa shape index (κ3) is 4.72. The number of hydrogen-bond donors (Lipinski definition) is 2. The van der Waals surface area contributed by atoms with E-state index in [9.17, 15) is 4.79 Å². The molecule has 1 unspecified atom stereocenters. The van der Waals surface area contributed by atoms with Crippen molar-refractivity contribution in [3.63, 3.8) is 0 Å². The molecule has 0 aromatic heterocycles. The fourth-order valence-corrected chi connectivity index (χ4v) is 2.78. The molecule has 0 spiro atoms. The average molecular weight is 294 g/mol. The van der Waals surface area contributed by atoms with Gasteiger partial charge in [0.25, 0.3) is 0 Å². The van der Waals surface area contributed by atoms with Gasteiger partial charge in [0.15, 0.2) is 0 Å². The van der Waals surface area contributed by atoms with Gasteiger partial charge >= 0.3 is 0 Å². The van der Waals surface area contributed by atoms with E-state index < -0.39 is 0 Å². The number of nitrogens with one attached hydrogen (secondary N) is 2. The second-order valence-electron chi connectivity index (χ2n) is 5.34. The van der Waals surface area contributed by atoms with Crippen LogP contribution in [0.5, 0.6) is 5.75 Å². The Labute approximate surface area is 124 Å². The Hall–Kier alpha value is -1.20. The van der Waals surface area contributed by atoms with E-state index in [1.165, 1.54) is 0 Å². The predicted molar refractivity (Wildman–Crippen MR) is 82.9 cm³/mol. The van der Waals surface area contributed by atoms with Crippen molar-refractivity contribution in [1.29, 1.82) is 0 Å². The highest BCUT2D eigenvalue weighted by atomic mass is 32.2. The molecule has 0 bridgehead atoms. The third-order valence-corrected chi connectivity index (χ3v) is 3.95. The van der Waals surface area contributed by atoms with Gasteiger partial charge in [-0.05, 0) is 23.6 Å². The van der Waals surface area contributed by atoms with Crippen molar-refractivity contribution in [3.05, 3.63) is 29.8 Å². The van der Waals surface area contributed by atoms with Crippen LogP contribution in [0.4, 0.5) is 0 Å². The number of carbonyl (C=O) groups is 1. The number of carbonyl (C=O) groups excluding carboxylic acids is 1. The minimum Gasteiger partial charge on any atom is -0.493 e. The standard InChI is InChI=1S/C15H22N2O2S/c1-11(2)8-19-13-5-3-12(4-6-13)7-16-15(18)14-9-20-10-17-14/h3-6,11,14,17H,7-10H2,1-2H3,(H,16,18). The highest BCUT2D eigenvalue weighted by molar-refractivity contribution is 7.99. The van der Waals surface area contributed by atoms with Crippen LogP contribution in [-0.2, 0) is 11.3 Å². The number of amides is 1. The van der Waals surface area contributed by atoms with Crippen molar-refractivity contribution in [3.8, 4) is 5.75 Å². The molecular formula is C15H22N2O2S. The first-order valence-corrected chi connectivity index (χ1v) is 8.11. The van der Waals surface area contributed by atoms with Crippen LogP contribution < -0.4 is 15.4 Å². The van der Waals surface area contributed by atoms with Crippen molar-refractivity contribution in [2.75, 3.05) is 18.2 Å². The van der Waals surface area contributed by atoms with Crippen molar-refractivity contribution in [2.24, 2.45) is 5.92 Å². The van der Waals surface area contributed by atoms with Gasteiger partial charge in [0.05, 0.1) is 12.6 Å². The van der Waals surface area contributed by atoms with E-state index in [1.54, 1.807) is 11.8 Å². The first kappa shape index (κ1) is 15.2. The summed E-state index contributed by atoms with van der Waals surface area (Å²) < 4.78 is 5.63. The maximum Gasteiger partial charge on any atom is 0.238 e. The van der Waals surface area contributed by atoms with E-state index in [2.05, 4.69) is 24.5 Å². The fourth-order valence-electron chi connectivity index (χ4n) is 1.84. The van der Waals surface area contributed by atoms with Crippen molar-refractivity contribution >= 4 is 17.7 Å². The van der Waals surface area contributed by atoms with Crippen molar-refractivity contribution in [1.82, 2.24) is 10.6 Å². The Morgan fingerprint density at radius 2 is 2.20 bits per heavy atom. The summed E-state index contributed by atoms with van der Waals surface area (Å²) in [6.07, 6.45) is 0. The normalized spacial score (nSPS) is 18.2. The molecule has 20 heavy (non-hydrogen) atoms. The SMILES string of the molecule is CC(C)COc1ccc(CNC(=O)C2CSCN2)cc1. The quantitative estimate of drug-likeness (QED) is 0.842. The van der Waals surface area contributed by atoms with E-state index in [0.717, 1.165) is 29.5 Å². The zero-order valence-electron chi connectivity index (χ0n) is 12.0. The number of thioether (sulfide) groups is 1. The molecule has 0 aliphatic carbocycles. The van der Waals surface area contributed by atoms with E-state index in [-0.39, 0.29) is 11.9 Å². The van der Waals surface area contributed by atoms with Crippen LogP contribution >= 0.6 is 11.8 Å². The van der Waals surface area contributed by atoms with E-state index in [0.29, 0.717) is 12.5 Å². The topological polar surface area (TPSA) is 50.4 Å². The molecule has 0 saturated carbocycles. The fraction of sp³-hybridized carbons (Fsp3) is 0.533. The van der Waals surface area contributed by atoms with Crippen molar-refractivity contribution in [2.45, 2.75) is 26.4 Å². The van der Waals surface area contributed by atoms with Gasteiger partial charge in [-0.3, -0.25) is 10.1 Å². The number of benzene rings is 1. The lowest BCUT2D eigenvalue weighted by molar-refractivity contribution is -0.122. The van der Waals surface area contributed by atoms with Gasteiger partial charge in [0, 0.05) is 18.2 Å². The van der Waals surface area contributed by atoms with Crippen LogP contribution in [-0.4, -0.2) is 30.2 Å². The zero-order valence-corrected chi connectivity index (χ0v) is 12.8. The highest BCUT2D eigenvalue weighted by Gasteiger charge is 2.21. The first-order chi connectivity index (χ1) is 9.65. The average Bonchev–Trinajstić information content (AvgIpc) is 2.98. The Morgan fingerprint density at radius 1 is 1.45 bits per heavy atom. The molecule has 1 fully saturated rings. The van der Waals surface area contributed by atoms with Crippen LogP contribution in [0.15, 0.2) is 24.3 Å². The number of ether oxygens (including phenoxy) is 1. The highest BCUT2D eigenvalue weighted by Crippen LogP contribution is 2.14. The van der Waals surface area contributed by atoms with Crippen LogP contribution in [0.1, 0.15) is 19.4 Å². The summed E-state index contributed by atoms with van der Waals surface area (Å²) in [5.41, 5.74) is 1.08. The summed E-state index contributed by atoms with van der Waals surface area (Å²) >= 11 is 1.75. The lowest BCUT2D eigenvalue weighted by Gasteiger charge is -2.11. The molecule has 1 saturated heterocycles. The molecular weight excluding hydrogens is 272 g/mol. The summed E-state index contributed by atoms with van der Waals surface area (Å²) in [6.45, 7) is 5.53. The monoisotopic (exact) mass is 294 g/mol. The van der Waals surface area contributed by atoms with Crippen LogP contribution in [0, 0.1) is 5.92 Å². The molecule has 1 aromatic rings. The van der Waals surface area contributed by atoms with E-state index >= 15 is 0 Å². The molecule has 1 atom stereocenters. The molecule has 0 radical (unpaired) electrons. The first-order valence-electron chi connectivity index (χ1n) is 6.95. The lowest BCUT2D eigenvalue weighted by Crippen LogP contribution is -2.41. The summed E-state index contributed by atoms with van der Waals surface area (Å²) in [6, 6.07) is 7.84. The molecule has 1 aliphatic heterocycles. The predicted octanol–water partition coefficient (Wildman–Crippen LogP) is 2.00. The number of rotatable bonds is 6. The molecule has 1 aliphatic rings. The van der Waals surface area contributed by atoms with Crippen LogP contribution in [0.2, 0.25) is 0 Å². The van der Waals surface area contributed by atoms with Gasteiger partial charge in [-0.25, -0.2) is 0 Å². The Bertz CT molecular complexity index is 428. The van der Waals surface area contributed by atoms with Gasteiger partial charge in [-0.15, -0.1) is 11.8 Å². The largest absolute Gasteiger partial charge is 0.493 e. The Kier molecular flexibility index (Phi) is 5.73. The van der Waals surface area contributed by atoms with Crippen molar-refractivity contribution < 1.29 is 9.53 Å². The second kappa shape index (κ2) is 7.55. The molecule has 1 heterocycles. The summed E-state index contributed by atoms with van der Waals surface area (Å²) in [4.78, 5) is 11.9. The zero-order chi connectivity index (χ0) is 14.4. The molecule has 2 N–H and O–H groups in total. The molecule has 1 aromatic carbocycles. The molecule has 1 amide bonds. The van der Waals surface area contributed by atoms with Crippen LogP contribution in [0.3, 0.4) is 0 Å². The minimum atomic E-state index is -0.0475. The van der Waals surface area contributed by atoms with Crippen LogP contribution in [0.25, 0.3) is 0 Å².